The fourth-order valence-corrected chi connectivity index (χ4v) is 2.20. The second kappa shape index (κ2) is 8.28. The molecule has 10 nitrogen and oxygen atoms in total. The van der Waals surface area contributed by atoms with Crippen molar-refractivity contribution in [1.29, 1.82) is 0 Å². The SMILES string of the molecule is CCn1cc(NC(=O)CCn2cc(C(=O)O)cn2)c(C(=O)NC(C)C)n1. The van der Waals surface area contributed by atoms with Crippen molar-refractivity contribution in [3.8, 4) is 0 Å². The molecular formula is C16H22N6O4. The highest BCUT2D eigenvalue weighted by Gasteiger charge is 2.19. The number of carboxylic acids is 1. The van der Waals surface area contributed by atoms with Crippen molar-refractivity contribution < 1.29 is 19.5 Å². The van der Waals surface area contributed by atoms with Gasteiger partial charge in [-0.25, -0.2) is 4.79 Å². The van der Waals surface area contributed by atoms with E-state index in [0.29, 0.717) is 12.2 Å². The maximum atomic E-state index is 12.2. The molecule has 0 unspecified atom stereocenters. The summed E-state index contributed by atoms with van der Waals surface area (Å²) in [5.74, 6) is -1.76. The molecule has 0 saturated carbocycles. The number of carbonyl (C=O) groups excluding carboxylic acids is 2. The second-order valence-electron chi connectivity index (χ2n) is 5.97. The zero-order chi connectivity index (χ0) is 19.3. The predicted octanol–water partition coefficient (Wildman–Crippen LogP) is 0.965. The highest BCUT2D eigenvalue weighted by atomic mass is 16.4. The lowest BCUT2D eigenvalue weighted by molar-refractivity contribution is -0.116. The normalized spacial score (nSPS) is 10.8. The zero-order valence-electron chi connectivity index (χ0n) is 14.9. The molecule has 26 heavy (non-hydrogen) atoms. The monoisotopic (exact) mass is 362 g/mol. The minimum absolute atomic E-state index is 0.0546. The Labute approximate surface area is 150 Å². The molecule has 3 N–H and O–H groups in total. The largest absolute Gasteiger partial charge is 0.478 e. The number of carboxylic acid groups (broad SMARTS) is 1. The van der Waals surface area contributed by atoms with Crippen LogP contribution in [-0.2, 0) is 17.9 Å². The standard InChI is InChI=1S/C16H22N6O4/c1-4-21-9-12(14(20-21)15(24)18-10(2)3)19-13(23)5-6-22-8-11(7-17-22)16(25)26/h7-10H,4-6H2,1-3H3,(H,18,24)(H,19,23)(H,25,26). The lowest BCUT2D eigenvalue weighted by Crippen LogP contribution is -2.31. The van der Waals surface area contributed by atoms with Gasteiger partial charge in [-0.3, -0.25) is 19.0 Å². The molecule has 2 aromatic rings. The lowest BCUT2D eigenvalue weighted by Gasteiger charge is -2.08. The van der Waals surface area contributed by atoms with Crippen LogP contribution in [0.25, 0.3) is 0 Å². The van der Waals surface area contributed by atoms with E-state index in [-0.39, 0.29) is 42.1 Å². The number of aromatic nitrogens is 4. The van der Waals surface area contributed by atoms with Gasteiger partial charge in [-0.1, -0.05) is 0 Å². The molecule has 0 bridgehead atoms. The number of aromatic carboxylic acids is 1. The number of anilines is 1. The summed E-state index contributed by atoms with van der Waals surface area (Å²) in [6.45, 7) is 6.32. The van der Waals surface area contributed by atoms with Gasteiger partial charge < -0.3 is 15.7 Å². The third kappa shape index (κ3) is 4.91. The van der Waals surface area contributed by atoms with Gasteiger partial charge in [-0.15, -0.1) is 0 Å². The number of carbonyl (C=O) groups is 3. The first-order valence-corrected chi connectivity index (χ1v) is 8.24. The maximum Gasteiger partial charge on any atom is 0.338 e. The molecule has 0 fully saturated rings. The Kier molecular flexibility index (Phi) is 6.10. The van der Waals surface area contributed by atoms with Crippen LogP contribution >= 0.6 is 0 Å². The summed E-state index contributed by atoms with van der Waals surface area (Å²) in [6.07, 6.45) is 4.25. The Morgan fingerprint density at radius 1 is 1.23 bits per heavy atom. The smallest absolute Gasteiger partial charge is 0.338 e. The average molecular weight is 362 g/mol. The van der Waals surface area contributed by atoms with Crippen molar-refractivity contribution in [3.05, 3.63) is 29.8 Å². The summed E-state index contributed by atoms with van der Waals surface area (Å²) >= 11 is 0. The minimum Gasteiger partial charge on any atom is -0.478 e. The summed E-state index contributed by atoms with van der Waals surface area (Å²) in [6, 6.07) is -0.0546. The van der Waals surface area contributed by atoms with Gasteiger partial charge >= 0.3 is 5.97 Å². The molecule has 2 heterocycles. The summed E-state index contributed by atoms with van der Waals surface area (Å²) in [5, 5.41) is 22.4. The fourth-order valence-electron chi connectivity index (χ4n) is 2.20. The number of amides is 2. The van der Waals surface area contributed by atoms with Crippen molar-refractivity contribution in [2.24, 2.45) is 0 Å². The van der Waals surface area contributed by atoms with E-state index in [0.717, 1.165) is 0 Å². The van der Waals surface area contributed by atoms with E-state index in [2.05, 4.69) is 20.8 Å². The van der Waals surface area contributed by atoms with Crippen LogP contribution in [0.2, 0.25) is 0 Å². The third-order valence-electron chi connectivity index (χ3n) is 3.44. The van der Waals surface area contributed by atoms with E-state index in [1.165, 1.54) is 17.1 Å². The van der Waals surface area contributed by atoms with Crippen LogP contribution in [-0.4, -0.2) is 48.5 Å². The first kappa shape index (κ1) is 19.2. The third-order valence-corrected chi connectivity index (χ3v) is 3.44. The van der Waals surface area contributed by atoms with Gasteiger partial charge in [0, 0.05) is 37.9 Å². The van der Waals surface area contributed by atoms with Gasteiger partial charge in [0.25, 0.3) is 5.91 Å². The van der Waals surface area contributed by atoms with Crippen molar-refractivity contribution >= 4 is 23.5 Å². The number of hydrogen-bond donors (Lipinski definition) is 3. The van der Waals surface area contributed by atoms with Crippen LogP contribution in [0, 0.1) is 0 Å². The van der Waals surface area contributed by atoms with Crippen molar-refractivity contribution in [3.63, 3.8) is 0 Å². The molecule has 140 valence electrons. The number of nitrogens with zero attached hydrogens (tertiary/aromatic N) is 4. The van der Waals surface area contributed by atoms with Crippen LogP contribution < -0.4 is 10.6 Å². The number of hydrogen-bond acceptors (Lipinski definition) is 5. The van der Waals surface area contributed by atoms with Crippen LogP contribution in [0.5, 0.6) is 0 Å². The highest BCUT2D eigenvalue weighted by molar-refractivity contribution is 6.02. The fraction of sp³-hybridized carbons (Fsp3) is 0.438. The lowest BCUT2D eigenvalue weighted by atomic mass is 10.3. The molecule has 0 aromatic carbocycles. The molecule has 2 rings (SSSR count). The van der Waals surface area contributed by atoms with Crippen LogP contribution in [0.1, 0.15) is 48.0 Å². The van der Waals surface area contributed by atoms with Gasteiger partial charge in [0.1, 0.15) is 0 Å². The minimum atomic E-state index is -1.08. The Hall–Kier alpha value is -3.17. The molecule has 10 heteroatoms. The van der Waals surface area contributed by atoms with E-state index in [4.69, 9.17) is 5.11 Å². The molecule has 0 atom stereocenters. The van der Waals surface area contributed by atoms with Crippen molar-refractivity contribution in [2.45, 2.75) is 46.3 Å². The summed E-state index contributed by atoms with van der Waals surface area (Å²) in [4.78, 5) is 35.2. The van der Waals surface area contributed by atoms with Gasteiger partial charge in [0.15, 0.2) is 5.69 Å². The van der Waals surface area contributed by atoms with E-state index >= 15 is 0 Å². The van der Waals surface area contributed by atoms with E-state index < -0.39 is 5.97 Å². The number of rotatable bonds is 8. The summed E-state index contributed by atoms with van der Waals surface area (Å²) in [5.41, 5.74) is 0.546. The Balaban J connectivity index is 2.02. The maximum absolute atomic E-state index is 12.2. The zero-order valence-corrected chi connectivity index (χ0v) is 14.9. The van der Waals surface area contributed by atoms with E-state index in [1.807, 2.05) is 20.8 Å². The van der Waals surface area contributed by atoms with Crippen molar-refractivity contribution in [1.82, 2.24) is 24.9 Å². The first-order valence-electron chi connectivity index (χ1n) is 8.24. The van der Waals surface area contributed by atoms with Gasteiger partial charge in [0.05, 0.1) is 17.4 Å². The van der Waals surface area contributed by atoms with E-state index in [9.17, 15) is 14.4 Å². The van der Waals surface area contributed by atoms with Gasteiger partial charge in [-0.05, 0) is 20.8 Å². The van der Waals surface area contributed by atoms with Crippen LogP contribution in [0.3, 0.4) is 0 Å². The molecule has 2 amide bonds. The number of nitrogens with one attached hydrogen (secondary N) is 2. The summed E-state index contributed by atoms with van der Waals surface area (Å²) in [7, 11) is 0. The molecule has 0 aliphatic rings. The second-order valence-corrected chi connectivity index (χ2v) is 5.97. The average Bonchev–Trinajstić information content (AvgIpc) is 3.19. The van der Waals surface area contributed by atoms with Crippen LogP contribution in [0.15, 0.2) is 18.6 Å². The van der Waals surface area contributed by atoms with Crippen molar-refractivity contribution in [2.75, 3.05) is 5.32 Å². The molecule has 0 aliphatic heterocycles. The topological polar surface area (TPSA) is 131 Å². The quantitative estimate of drug-likeness (QED) is 0.641. The first-order chi connectivity index (χ1) is 12.3. The number of aryl methyl sites for hydroxylation is 2. The molecule has 0 saturated heterocycles. The Morgan fingerprint density at radius 3 is 2.54 bits per heavy atom. The molecule has 0 aliphatic carbocycles. The van der Waals surface area contributed by atoms with E-state index in [1.54, 1.807) is 10.9 Å². The molecular weight excluding hydrogens is 340 g/mol. The summed E-state index contributed by atoms with van der Waals surface area (Å²) < 4.78 is 2.95. The Bertz CT molecular complexity index is 808. The van der Waals surface area contributed by atoms with Crippen LogP contribution in [0.4, 0.5) is 5.69 Å². The highest BCUT2D eigenvalue weighted by Crippen LogP contribution is 2.15. The van der Waals surface area contributed by atoms with Gasteiger partial charge in [-0.2, -0.15) is 10.2 Å². The Morgan fingerprint density at radius 2 is 1.96 bits per heavy atom. The predicted molar refractivity (Wildman–Crippen MR) is 92.9 cm³/mol. The molecule has 0 radical (unpaired) electrons. The van der Waals surface area contributed by atoms with Gasteiger partial charge in [0.2, 0.25) is 5.91 Å². The molecule has 0 spiro atoms. The molecule has 2 aromatic heterocycles.